The molecule has 0 bridgehead atoms. The number of hydrogen-bond acceptors (Lipinski definition) is 3. The summed E-state index contributed by atoms with van der Waals surface area (Å²) in [5.41, 5.74) is 5.51. The zero-order valence-electron chi connectivity index (χ0n) is 8.07. The van der Waals surface area contributed by atoms with Gasteiger partial charge in [-0.2, -0.15) is 0 Å². The Morgan fingerprint density at radius 1 is 1.36 bits per heavy atom. The van der Waals surface area contributed by atoms with Gasteiger partial charge in [0.25, 0.3) is 0 Å². The van der Waals surface area contributed by atoms with Crippen LogP contribution in [-0.2, 0) is 4.74 Å². The van der Waals surface area contributed by atoms with Crippen molar-refractivity contribution in [1.82, 2.24) is 0 Å². The SMILES string of the molecule is COCC(CN)Oc1ccc(Cl)cc1. The number of hydrogen-bond donors (Lipinski definition) is 1. The fourth-order valence-corrected chi connectivity index (χ4v) is 1.17. The van der Waals surface area contributed by atoms with Crippen LogP contribution in [0, 0.1) is 0 Å². The van der Waals surface area contributed by atoms with Crippen LogP contribution in [0.25, 0.3) is 0 Å². The molecular formula is C10H14ClNO2. The summed E-state index contributed by atoms with van der Waals surface area (Å²) in [5.74, 6) is 0.752. The molecule has 1 unspecified atom stereocenters. The molecule has 3 nitrogen and oxygen atoms in total. The van der Waals surface area contributed by atoms with Gasteiger partial charge in [0.1, 0.15) is 11.9 Å². The first-order chi connectivity index (χ1) is 6.76. The summed E-state index contributed by atoms with van der Waals surface area (Å²) in [6.45, 7) is 0.912. The molecule has 1 rings (SSSR count). The van der Waals surface area contributed by atoms with Crippen LogP contribution in [0.1, 0.15) is 0 Å². The van der Waals surface area contributed by atoms with Crippen molar-refractivity contribution in [2.24, 2.45) is 5.73 Å². The Labute approximate surface area is 88.8 Å². The van der Waals surface area contributed by atoms with E-state index in [9.17, 15) is 0 Å². The molecule has 0 aliphatic rings. The molecule has 0 aliphatic heterocycles. The first-order valence-corrected chi connectivity index (χ1v) is 4.75. The number of methoxy groups -OCH3 is 1. The summed E-state index contributed by atoms with van der Waals surface area (Å²) in [5, 5.41) is 0.688. The first kappa shape index (κ1) is 11.3. The molecule has 0 saturated heterocycles. The summed E-state index contributed by atoms with van der Waals surface area (Å²) < 4.78 is 10.5. The second kappa shape index (κ2) is 5.86. The zero-order valence-corrected chi connectivity index (χ0v) is 8.83. The fraction of sp³-hybridized carbons (Fsp3) is 0.400. The topological polar surface area (TPSA) is 44.5 Å². The minimum Gasteiger partial charge on any atom is -0.487 e. The van der Waals surface area contributed by atoms with Crippen LogP contribution in [0.4, 0.5) is 0 Å². The maximum atomic E-state index is 5.74. The van der Waals surface area contributed by atoms with Gasteiger partial charge in [-0.05, 0) is 24.3 Å². The molecule has 0 saturated carbocycles. The number of ether oxygens (including phenoxy) is 2. The Balaban J connectivity index is 2.53. The number of benzene rings is 1. The third kappa shape index (κ3) is 3.54. The quantitative estimate of drug-likeness (QED) is 0.813. The molecular weight excluding hydrogens is 202 g/mol. The summed E-state index contributed by atoms with van der Waals surface area (Å²) in [6.07, 6.45) is -0.110. The van der Waals surface area contributed by atoms with E-state index in [1.807, 2.05) is 0 Å². The van der Waals surface area contributed by atoms with E-state index in [2.05, 4.69) is 0 Å². The van der Waals surface area contributed by atoms with Gasteiger partial charge in [0.2, 0.25) is 0 Å². The van der Waals surface area contributed by atoms with Crippen molar-refractivity contribution in [1.29, 1.82) is 0 Å². The summed E-state index contributed by atoms with van der Waals surface area (Å²) in [4.78, 5) is 0. The molecule has 0 spiro atoms. The van der Waals surface area contributed by atoms with Gasteiger partial charge in [-0.3, -0.25) is 0 Å². The van der Waals surface area contributed by atoms with Gasteiger partial charge in [-0.1, -0.05) is 11.6 Å². The molecule has 78 valence electrons. The van der Waals surface area contributed by atoms with Crippen LogP contribution in [0.2, 0.25) is 5.02 Å². The van der Waals surface area contributed by atoms with E-state index >= 15 is 0 Å². The molecule has 1 aromatic rings. The molecule has 4 heteroatoms. The minimum atomic E-state index is -0.110. The lowest BCUT2D eigenvalue weighted by Crippen LogP contribution is -2.31. The van der Waals surface area contributed by atoms with Gasteiger partial charge in [-0.15, -0.1) is 0 Å². The van der Waals surface area contributed by atoms with Gasteiger partial charge in [-0.25, -0.2) is 0 Å². The van der Waals surface area contributed by atoms with Crippen molar-refractivity contribution in [3.8, 4) is 5.75 Å². The van der Waals surface area contributed by atoms with Gasteiger partial charge in [0.15, 0.2) is 0 Å². The maximum absolute atomic E-state index is 5.74. The highest BCUT2D eigenvalue weighted by atomic mass is 35.5. The van der Waals surface area contributed by atoms with Gasteiger partial charge in [0.05, 0.1) is 6.61 Å². The number of nitrogens with two attached hydrogens (primary N) is 1. The normalized spacial score (nSPS) is 12.5. The number of halogens is 1. The molecule has 0 aliphatic carbocycles. The van der Waals surface area contributed by atoms with Gasteiger partial charge < -0.3 is 15.2 Å². The molecule has 0 aromatic heterocycles. The Morgan fingerprint density at radius 3 is 2.50 bits per heavy atom. The third-order valence-electron chi connectivity index (χ3n) is 1.73. The Hall–Kier alpha value is -0.770. The largest absolute Gasteiger partial charge is 0.487 e. The fourth-order valence-electron chi connectivity index (χ4n) is 1.04. The highest BCUT2D eigenvalue weighted by molar-refractivity contribution is 6.30. The molecule has 2 N–H and O–H groups in total. The van der Waals surface area contributed by atoms with Crippen LogP contribution in [0.15, 0.2) is 24.3 Å². The zero-order chi connectivity index (χ0) is 10.4. The summed E-state index contributed by atoms with van der Waals surface area (Å²) in [6, 6.07) is 7.16. The summed E-state index contributed by atoms with van der Waals surface area (Å²) >= 11 is 5.74. The standard InChI is InChI=1S/C10H14ClNO2/c1-13-7-10(6-12)14-9-4-2-8(11)3-5-9/h2-5,10H,6-7,12H2,1H3. The van der Waals surface area contributed by atoms with E-state index in [1.54, 1.807) is 31.4 Å². The lowest BCUT2D eigenvalue weighted by Gasteiger charge is -2.16. The monoisotopic (exact) mass is 215 g/mol. The van der Waals surface area contributed by atoms with Crippen molar-refractivity contribution in [2.45, 2.75) is 6.10 Å². The predicted octanol–water partition coefficient (Wildman–Crippen LogP) is 1.69. The van der Waals surface area contributed by atoms with Crippen LogP contribution >= 0.6 is 11.6 Å². The maximum Gasteiger partial charge on any atom is 0.134 e. The van der Waals surface area contributed by atoms with E-state index < -0.39 is 0 Å². The second-order valence-electron chi connectivity index (χ2n) is 2.88. The Kier molecular flexibility index (Phi) is 4.73. The van der Waals surface area contributed by atoms with Crippen LogP contribution < -0.4 is 10.5 Å². The van der Waals surface area contributed by atoms with Gasteiger partial charge in [0, 0.05) is 18.7 Å². The van der Waals surface area contributed by atoms with Crippen LogP contribution in [0.3, 0.4) is 0 Å². The van der Waals surface area contributed by atoms with Gasteiger partial charge >= 0.3 is 0 Å². The molecule has 1 aromatic carbocycles. The van der Waals surface area contributed by atoms with E-state index in [0.717, 1.165) is 5.75 Å². The van der Waals surface area contributed by atoms with E-state index in [1.165, 1.54) is 0 Å². The van der Waals surface area contributed by atoms with Crippen molar-refractivity contribution in [2.75, 3.05) is 20.3 Å². The highest BCUT2D eigenvalue weighted by Crippen LogP contribution is 2.16. The van der Waals surface area contributed by atoms with Crippen molar-refractivity contribution in [3.63, 3.8) is 0 Å². The lowest BCUT2D eigenvalue weighted by atomic mass is 10.3. The second-order valence-corrected chi connectivity index (χ2v) is 3.32. The minimum absolute atomic E-state index is 0.110. The Bertz CT molecular complexity index is 263. The van der Waals surface area contributed by atoms with Crippen molar-refractivity contribution < 1.29 is 9.47 Å². The van der Waals surface area contributed by atoms with E-state index in [-0.39, 0.29) is 6.10 Å². The molecule has 14 heavy (non-hydrogen) atoms. The molecule has 0 radical (unpaired) electrons. The Morgan fingerprint density at radius 2 is 2.00 bits per heavy atom. The molecule has 0 fully saturated rings. The smallest absolute Gasteiger partial charge is 0.134 e. The van der Waals surface area contributed by atoms with E-state index in [4.69, 9.17) is 26.8 Å². The molecule has 0 amide bonds. The van der Waals surface area contributed by atoms with Crippen LogP contribution in [-0.4, -0.2) is 26.4 Å². The average molecular weight is 216 g/mol. The molecule has 1 atom stereocenters. The highest BCUT2D eigenvalue weighted by Gasteiger charge is 2.07. The molecule has 0 heterocycles. The predicted molar refractivity (Wildman–Crippen MR) is 56.8 cm³/mol. The average Bonchev–Trinajstić information content (AvgIpc) is 2.20. The first-order valence-electron chi connectivity index (χ1n) is 4.37. The summed E-state index contributed by atoms with van der Waals surface area (Å²) in [7, 11) is 1.62. The van der Waals surface area contributed by atoms with Crippen molar-refractivity contribution >= 4 is 11.6 Å². The number of rotatable bonds is 5. The lowest BCUT2D eigenvalue weighted by molar-refractivity contribution is 0.0860. The third-order valence-corrected chi connectivity index (χ3v) is 1.98. The van der Waals surface area contributed by atoms with Crippen molar-refractivity contribution in [3.05, 3.63) is 29.3 Å². The van der Waals surface area contributed by atoms with E-state index in [0.29, 0.717) is 18.2 Å². The van der Waals surface area contributed by atoms with Crippen LogP contribution in [0.5, 0.6) is 5.75 Å².